The minimum absolute atomic E-state index is 0.313. The second kappa shape index (κ2) is 11.4. The number of amides is 1. The molecule has 36 heavy (non-hydrogen) atoms. The first-order chi connectivity index (χ1) is 17.4. The molecule has 0 aromatic heterocycles. The zero-order valence-corrected chi connectivity index (χ0v) is 21.0. The monoisotopic (exact) mass is 518 g/mol. The fourth-order valence-electron chi connectivity index (χ4n) is 3.78. The summed E-state index contributed by atoms with van der Waals surface area (Å²) in [5.74, 6) is -0.338. The third-order valence-electron chi connectivity index (χ3n) is 5.58. The maximum absolute atomic E-state index is 13.1. The highest BCUT2D eigenvalue weighted by molar-refractivity contribution is 6.37. The number of nitrogens with zero attached hydrogens (tertiary/aromatic N) is 1. The molecule has 0 aliphatic rings. The predicted molar refractivity (Wildman–Crippen MR) is 144 cm³/mol. The smallest absolute Gasteiger partial charge is 0.281 e. The average molecular weight is 519 g/mol. The first kappa shape index (κ1) is 25.5. The van der Waals surface area contributed by atoms with Crippen molar-refractivity contribution in [3.63, 3.8) is 0 Å². The first-order valence-electron chi connectivity index (χ1n) is 11.2. The van der Waals surface area contributed by atoms with Gasteiger partial charge in [-0.25, -0.2) is 5.43 Å². The molecule has 0 bridgehead atoms. The summed E-state index contributed by atoms with van der Waals surface area (Å²) >= 11 is 12.8. The van der Waals surface area contributed by atoms with E-state index in [9.17, 15) is 9.90 Å². The average Bonchev–Trinajstić information content (AvgIpc) is 2.88. The second-order valence-corrected chi connectivity index (χ2v) is 9.05. The molecule has 7 heteroatoms. The van der Waals surface area contributed by atoms with Crippen LogP contribution in [0.5, 0.6) is 5.75 Å². The van der Waals surface area contributed by atoms with E-state index in [0.717, 1.165) is 11.1 Å². The van der Waals surface area contributed by atoms with E-state index in [1.807, 2.05) is 43.3 Å². The molecular formula is C29H24Cl2N2O3. The van der Waals surface area contributed by atoms with Gasteiger partial charge in [-0.05, 0) is 41.3 Å². The lowest BCUT2D eigenvalue weighted by Gasteiger charge is -2.27. The van der Waals surface area contributed by atoms with E-state index in [0.29, 0.717) is 39.1 Å². The van der Waals surface area contributed by atoms with Gasteiger partial charge in [-0.3, -0.25) is 4.79 Å². The van der Waals surface area contributed by atoms with Gasteiger partial charge in [-0.1, -0.05) is 114 Å². The van der Waals surface area contributed by atoms with Crippen molar-refractivity contribution < 1.29 is 14.6 Å². The van der Waals surface area contributed by atoms with Crippen LogP contribution >= 0.6 is 23.2 Å². The van der Waals surface area contributed by atoms with Gasteiger partial charge in [-0.2, -0.15) is 5.10 Å². The molecule has 0 heterocycles. The lowest BCUT2D eigenvalue weighted by atomic mass is 9.85. The number of nitrogens with one attached hydrogen (secondary N) is 1. The van der Waals surface area contributed by atoms with Gasteiger partial charge in [0.2, 0.25) is 0 Å². The Balaban J connectivity index is 1.49. The van der Waals surface area contributed by atoms with Crippen LogP contribution in [-0.4, -0.2) is 17.2 Å². The number of ether oxygens (including phenoxy) is 1. The predicted octanol–water partition coefficient (Wildman–Crippen LogP) is 6.27. The zero-order valence-electron chi connectivity index (χ0n) is 19.5. The Bertz CT molecular complexity index is 1310. The van der Waals surface area contributed by atoms with Crippen molar-refractivity contribution in [1.29, 1.82) is 0 Å². The second-order valence-electron chi connectivity index (χ2n) is 8.23. The summed E-state index contributed by atoms with van der Waals surface area (Å²) in [5, 5.41) is 16.1. The molecule has 0 radical (unpaired) electrons. The van der Waals surface area contributed by atoms with Crippen LogP contribution in [-0.2, 0) is 17.0 Å². The van der Waals surface area contributed by atoms with Crippen molar-refractivity contribution in [2.24, 2.45) is 5.10 Å². The van der Waals surface area contributed by atoms with Crippen molar-refractivity contribution in [2.75, 3.05) is 0 Å². The number of aryl methyl sites for hydroxylation is 1. The lowest BCUT2D eigenvalue weighted by Crippen LogP contribution is -2.43. The molecule has 4 aromatic carbocycles. The van der Waals surface area contributed by atoms with E-state index >= 15 is 0 Å². The number of aliphatic hydroxyl groups is 1. The first-order valence-corrected chi connectivity index (χ1v) is 12.0. The van der Waals surface area contributed by atoms with Crippen molar-refractivity contribution >= 4 is 35.3 Å². The van der Waals surface area contributed by atoms with Crippen LogP contribution < -0.4 is 10.2 Å². The lowest BCUT2D eigenvalue weighted by molar-refractivity contribution is -0.136. The Morgan fingerprint density at radius 1 is 0.917 bits per heavy atom. The number of hydrogen-bond acceptors (Lipinski definition) is 4. The highest BCUT2D eigenvalue weighted by Gasteiger charge is 2.39. The number of hydrazone groups is 1. The normalized spacial score (nSPS) is 11.4. The summed E-state index contributed by atoms with van der Waals surface area (Å²) in [4.78, 5) is 13.1. The summed E-state index contributed by atoms with van der Waals surface area (Å²) in [5.41, 5.74) is 4.04. The van der Waals surface area contributed by atoms with E-state index in [2.05, 4.69) is 10.5 Å². The molecule has 182 valence electrons. The van der Waals surface area contributed by atoms with Gasteiger partial charge in [0.15, 0.2) is 11.4 Å². The Hall–Kier alpha value is -3.64. The van der Waals surface area contributed by atoms with Gasteiger partial charge in [0.25, 0.3) is 5.91 Å². The fourth-order valence-corrected chi connectivity index (χ4v) is 4.40. The maximum Gasteiger partial charge on any atom is 0.281 e. The van der Waals surface area contributed by atoms with Crippen molar-refractivity contribution in [2.45, 2.75) is 19.1 Å². The van der Waals surface area contributed by atoms with Gasteiger partial charge >= 0.3 is 0 Å². The van der Waals surface area contributed by atoms with Gasteiger partial charge in [0.05, 0.1) is 16.3 Å². The van der Waals surface area contributed by atoms with E-state index in [4.69, 9.17) is 27.9 Å². The number of hydrogen-bond donors (Lipinski definition) is 2. The van der Waals surface area contributed by atoms with Gasteiger partial charge in [0.1, 0.15) is 6.61 Å². The zero-order chi connectivity index (χ0) is 25.5. The minimum Gasteiger partial charge on any atom is -0.486 e. The molecule has 5 nitrogen and oxygen atoms in total. The van der Waals surface area contributed by atoms with Gasteiger partial charge in [-0.15, -0.1) is 0 Å². The van der Waals surface area contributed by atoms with E-state index in [1.54, 1.807) is 60.7 Å². The molecule has 1 amide bonds. The highest BCUT2D eigenvalue weighted by atomic mass is 35.5. The molecule has 0 saturated carbocycles. The summed E-state index contributed by atoms with van der Waals surface area (Å²) in [6.45, 7) is 2.33. The van der Waals surface area contributed by atoms with Crippen LogP contribution in [0.4, 0.5) is 0 Å². The van der Waals surface area contributed by atoms with Gasteiger partial charge < -0.3 is 9.84 Å². The van der Waals surface area contributed by atoms with Crippen LogP contribution in [0.15, 0.2) is 102 Å². The SMILES string of the molecule is Cc1cccc(COc2c(Cl)cc(/C=N/NC(=O)C(O)(c3ccccc3)c3ccccc3)cc2Cl)c1. The molecule has 0 aliphatic heterocycles. The molecular weight excluding hydrogens is 495 g/mol. The molecule has 4 aromatic rings. The van der Waals surface area contributed by atoms with Crippen LogP contribution in [0.2, 0.25) is 10.0 Å². The summed E-state index contributed by atoms with van der Waals surface area (Å²) in [7, 11) is 0. The van der Waals surface area contributed by atoms with Crippen molar-refractivity contribution in [3.8, 4) is 5.75 Å². The Morgan fingerprint density at radius 3 is 2.06 bits per heavy atom. The fraction of sp³-hybridized carbons (Fsp3) is 0.103. The molecule has 0 saturated heterocycles. The Morgan fingerprint density at radius 2 is 1.50 bits per heavy atom. The van der Waals surface area contributed by atoms with Gasteiger partial charge in [0, 0.05) is 0 Å². The number of benzene rings is 4. The molecule has 2 N–H and O–H groups in total. The highest BCUT2D eigenvalue weighted by Crippen LogP contribution is 2.34. The molecule has 0 atom stereocenters. The number of rotatable bonds is 8. The van der Waals surface area contributed by atoms with E-state index in [-0.39, 0.29) is 0 Å². The Kier molecular flexibility index (Phi) is 8.06. The topological polar surface area (TPSA) is 70.9 Å². The molecule has 0 spiro atoms. The Labute approximate surface area is 220 Å². The molecule has 0 unspecified atom stereocenters. The quantitative estimate of drug-likeness (QED) is 0.213. The largest absolute Gasteiger partial charge is 0.486 e. The number of carbonyl (C=O) groups excluding carboxylic acids is 1. The molecule has 4 rings (SSSR count). The third kappa shape index (κ3) is 5.77. The third-order valence-corrected chi connectivity index (χ3v) is 6.14. The summed E-state index contributed by atoms with van der Waals surface area (Å²) in [6, 6.07) is 28.6. The summed E-state index contributed by atoms with van der Waals surface area (Å²) in [6.07, 6.45) is 1.40. The van der Waals surface area contributed by atoms with Crippen LogP contribution in [0, 0.1) is 6.92 Å². The number of carbonyl (C=O) groups is 1. The van der Waals surface area contributed by atoms with E-state index < -0.39 is 11.5 Å². The summed E-state index contributed by atoms with van der Waals surface area (Å²) < 4.78 is 5.84. The van der Waals surface area contributed by atoms with E-state index in [1.165, 1.54) is 6.21 Å². The molecule has 0 aliphatic carbocycles. The molecule has 0 fully saturated rings. The standard InChI is InChI=1S/C29H24Cl2N2O3/c1-20-9-8-10-21(15-20)19-36-27-25(30)16-22(17-26(27)31)18-32-33-28(34)29(35,23-11-4-2-5-12-23)24-13-6-3-7-14-24/h2-18,35H,19H2,1H3,(H,33,34)/b32-18+. The van der Waals surface area contributed by atoms with Crippen molar-refractivity contribution in [1.82, 2.24) is 5.43 Å². The van der Waals surface area contributed by atoms with Crippen molar-refractivity contribution in [3.05, 3.63) is 135 Å². The van der Waals surface area contributed by atoms with Crippen LogP contribution in [0.25, 0.3) is 0 Å². The minimum atomic E-state index is -1.93. The number of halogens is 2. The van der Waals surface area contributed by atoms with Crippen LogP contribution in [0.3, 0.4) is 0 Å². The van der Waals surface area contributed by atoms with Crippen LogP contribution in [0.1, 0.15) is 27.8 Å². The maximum atomic E-state index is 13.1.